The predicted molar refractivity (Wildman–Crippen MR) is 81.6 cm³/mol. The van der Waals surface area contributed by atoms with Crippen molar-refractivity contribution >= 4 is 17.3 Å². The summed E-state index contributed by atoms with van der Waals surface area (Å²) < 4.78 is 0. The molecule has 0 bridgehead atoms. The second kappa shape index (κ2) is 5.51. The molecule has 0 saturated carbocycles. The van der Waals surface area contributed by atoms with Gasteiger partial charge in [-0.25, -0.2) is 0 Å². The summed E-state index contributed by atoms with van der Waals surface area (Å²) in [5.74, 6) is 0.00264. The topological polar surface area (TPSA) is 49.6 Å². The van der Waals surface area contributed by atoms with Crippen molar-refractivity contribution in [1.29, 1.82) is 0 Å². The molecule has 0 aliphatic heterocycles. The van der Waals surface area contributed by atoms with Crippen LogP contribution in [-0.2, 0) is 0 Å². The Balaban J connectivity index is 3.22. The van der Waals surface area contributed by atoms with Crippen LogP contribution in [0.5, 0.6) is 0 Å². The molecule has 1 aromatic carbocycles. The number of anilines is 2. The lowest BCUT2D eigenvalue weighted by Gasteiger charge is -2.35. The van der Waals surface area contributed by atoms with E-state index >= 15 is 0 Å². The molecule has 0 spiro atoms. The number of carbonyl (C=O) groups excluding carboxylic acids is 1. The van der Waals surface area contributed by atoms with Crippen molar-refractivity contribution in [2.24, 2.45) is 0 Å². The van der Waals surface area contributed by atoms with Crippen LogP contribution in [0.1, 0.15) is 37.6 Å². The van der Waals surface area contributed by atoms with Crippen LogP contribution in [0.4, 0.5) is 11.4 Å². The average Bonchev–Trinajstić information content (AvgIpc) is 2.36. The molecule has 0 heterocycles. The minimum atomic E-state index is -0.175. The molecule has 0 unspecified atom stereocenters. The maximum atomic E-state index is 12.7. The van der Waals surface area contributed by atoms with Crippen LogP contribution >= 0.6 is 0 Å². The van der Waals surface area contributed by atoms with Gasteiger partial charge in [0, 0.05) is 38.1 Å². The second-order valence-electron chi connectivity index (χ2n) is 5.70. The third kappa shape index (κ3) is 3.19. The molecule has 0 aromatic heterocycles. The first-order chi connectivity index (χ1) is 8.70. The van der Waals surface area contributed by atoms with Crippen LogP contribution in [-0.4, -0.2) is 37.5 Å². The van der Waals surface area contributed by atoms with Gasteiger partial charge in [-0.15, -0.1) is 0 Å². The van der Waals surface area contributed by atoms with E-state index in [-0.39, 0.29) is 11.4 Å². The molecule has 0 saturated heterocycles. The zero-order valence-electron chi connectivity index (χ0n) is 12.8. The van der Waals surface area contributed by atoms with Gasteiger partial charge in [0.05, 0.1) is 5.56 Å². The lowest BCUT2D eigenvalue weighted by atomic mass is 9.98. The molecule has 2 N–H and O–H groups in total. The first-order valence-corrected chi connectivity index (χ1v) is 6.55. The number of nitrogens with two attached hydrogens (primary N) is 1. The zero-order valence-corrected chi connectivity index (χ0v) is 12.8. The Kier molecular flexibility index (Phi) is 4.45. The molecule has 1 rings (SSSR count). The van der Waals surface area contributed by atoms with Crippen molar-refractivity contribution in [2.45, 2.75) is 32.7 Å². The standard InChI is InChI=1S/C15H25N3O/c1-7-15(2,3)18(6)14(19)12-10-11(16)8-9-13(12)17(4)5/h8-10H,7,16H2,1-6H3. The third-order valence-corrected chi connectivity index (χ3v) is 3.81. The Morgan fingerprint density at radius 1 is 1.26 bits per heavy atom. The molecule has 0 aliphatic carbocycles. The fourth-order valence-corrected chi connectivity index (χ4v) is 1.81. The highest BCUT2D eigenvalue weighted by atomic mass is 16.2. The zero-order chi connectivity index (χ0) is 14.8. The molecule has 106 valence electrons. The number of hydrogen-bond acceptors (Lipinski definition) is 3. The number of hydrogen-bond donors (Lipinski definition) is 1. The minimum absolute atomic E-state index is 0.00264. The number of benzene rings is 1. The summed E-state index contributed by atoms with van der Waals surface area (Å²) in [6, 6.07) is 5.45. The van der Waals surface area contributed by atoms with Crippen molar-refractivity contribution < 1.29 is 4.79 Å². The fourth-order valence-electron chi connectivity index (χ4n) is 1.81. The third-order valence-electron chi connectivity index (χ3n) is 3.81. The monoisotopic (exact) mass is 263 g/mol. The SMILES string of the molecule is CCC(C)(C)N(C)C(=O)c1cc(N)ccc1N(C)C. The lowest BCUT2D eigenvalue weighted by Crippen LogP contribution is -2.44. The van der Waals surface area contributed by atoms with Crippen LogP contribution in [0.25, 0.3) is 0 Å². The van der Waals surface area contributed by atoms with Gasteiger partial charge in [0.15, 0.2) is 0 Å². The fraction of sp³-hybridized carbons (Fsp3) is 0.533. The maximum absolute atomic E-state index is 12.7. The summed E-state index contributed by atoms with van der Waals surface area (Å²) >= 11 is 0. The van der Waals surface area contributed by atoms with E-state index in [1.807, 2.05) is 38.2 Å². The Bertz CT molecular complexity index is 466. The Morgan fingerprint density at radius 3 is 2.32 bits per heavy atom. The Morgan fingerprint density at radius 2 is 1.84 bits per heavy atom. The van der Waals surface area contributed by atoms with E-state index in [9.17, 15) is 4.79 Å². The summed E-state index contributed by atoms with van der Waals surface area (Å²) in [6.45, 7) is 6.20. The van der Waals surface area contributed by atoms with E-state index in [0.717, 1.165) is 12.1 Å². The molecule has 4 heteroatoms. The highest BCUT2D eigenvalue weighted by Gasteiger charge is 2.28. The van der Waals surface area contributed by atoms with Crippen molar-refractivity contribution in [2.75, 3.05) is 31.8 Å². The largest absolute Gasteiger partial charge is 0.399 e. The first-order valence-electron chi connectivity index (χ1n) is 6.55. The average molecular weight is 263 g/mol. The van der Waals surface area contributed by atoms with Crippen LogP contribution in [0.3, 0.4) is 0 Å². The summed E-state index contributed by atoms with van der Waals surface area (Å²) in [4.78, 5) is 16.4. The first kappa shape index (κ1) is 15.3. The molecule has 0 atom stereocenters. The summed E-state index contributed by atoms with van der Waals surface area (Å²) in [6.07, 6.45) is 0.898. The van der Waals surface area contributed by atoms with Gasteiger partial charge < -0.3 is 15.5 Å². The van der Waals surface area contributed by atoms with Gasteiger partial charge in [0.25, 0.3) is 5.91 Å². The predicted octanol–water partition coefficient (Wildman–Crippen LogP) is 2.60. The van der Waals surface area contributed by atoms with E-state index in [0.29, 0.717) is 11.3 Å². The van der Waals surface area contributed by atoms with Crippen molar-refractivity contribution in [3.63, 3.8) is 0 Å². The molecule has 4 nitrogen and oxygen atoms in total. The summed E-state index contributed by atoms with van der Waals surface area (Å²) in [7, 11) is 5.69. The van der Waals surface area contributed by atoms with Gasteiger partial charge in [-0.2, -0.15) is 0 Å². The minimum Gasteiger partial charge on any atom is -0.399 e. The lowest BCUT2D eigenvalue weighted by molar-refractivity contribution is 0.0621. The highest BCUT2D eigenvalue weighted by molar-refractivity contribution is 6.00. The Hall–Kier alpha value is -1.71. The van der Waals surface area contributed by atoms with Gasteiger partial charge in [0.1, 0.15) is 0 Å². The second-order valence-corrected chi connectivity index (χ2v) is 5.70. The number of nitrogens with zero attached hydrogens (tertiary/aromatic N) is 2. The molecule has 1 aromatic rings. The summed E-state index contributed by atoms with van der Waals surface area (Å²) in [5.41, 5.74) is 7.78. The molecule has 0 fully saturated rings. The van der Waals surface area contributed by atoms with Crippen molar-refractivity contribution in [3.05, 3.63) is 23.8 Å². The number of rotatable bonds is 4. The molecule has 1 amide bonds. The van der Waals surface area contributed by atoms with Gasteiger partial charge in [0.2, 0.25) is 0 Å². The Labute approximate surface area is 116 Å². The molecule has 19 heavy (non-hydrogen) atoms. The van der Waals surface area contributed by atoms with Gasteiger partial charge in [-0.1, -0.05) is 6.92 Å². The van der Waals surface area contributed by atoms with Gasteiger partial charge >= 0.3 is 0 Å². The molecular formula is C15H25N3O. The van der Waals surface area contributed by atoms with Crippen LogP contribution in [0, 0.1) is 0 Å². The number of nitrogen functional groups attached to an aromatic ring is 1. The van der Waals surface area contributed by atoms with Crippen LogP contribution < -0.4 is 10.6 Å². The van der Waals surface area contributed by atoms with Crippen molar-refractivity contribution in [1.82, 2.24) is 4.90 Å². The quantitative estimate of drug-likeness (QED) is 0.849. The van der Waals surface area contributed by atoms with Gasteiger partial charge in [-0.05, 0) is 38.5 Å². The van der Waals surface area contributed by atoms with Crippen molar-refractivity contribution in [3.8, 4) is 0 Å². The number of carbonyl (C=O) groups is 1. The van der Waals surface area contributed by atoms with E-state index in [2.05, 4.69) is 20.8 Å². The van der Waals surface area contributed by atoms with E-state index in [1.165, 1.54) is 0 Å². The molecule has 0 aliphatic rings. The molecular weight excluding hydrogens is 238 g/mol. The van der Waals surface area contributed by atoms with Crippen LogP contribution in [0.2, 0.25) is 0 Å². The molecule has 0 radical (unpaired) electrons. The maximum Gasteiger partial charge on any atom is 0.256 e. The van der Waals surface area contributed by atoms with E-state index in [4.69, 9.17) is 5.73 Å². The van der Waals surface area contributed by atoms with Gasteiger partial charge in [-0.3, -0.25) is 4.79 Å². The number of amides is 1. The normalized spacial score (nSPS) is 11.3. The van der Waals surface area contributed by atoms with Crippen LogP contribution in [0.15, 0.2) is 18.2 Å². The van der Waals surface area contributed by atoms with E-state index in [1.54, 1.807) is 11.0 Å². The summed E-state index contributed by atoms with van der Waals surface area (Å²) in [5, 5.41) is 0. The smallest absolute Gasteiger partial charge is 0.256 e. The van der Waals surface area contributed by atoms with E-state index < -0.39 is 0 Å². The highest BCUT2D eigenvalue weighted by Crippen LogP contribution is 2.26.